The third-order valence-corrected chi connectivity index (χ3v) is 3.31. The Kier molecular flexibility index (Phi) is 3.80. The van der Waals surface area contributed by atoms with Crippen LogP contribution in [0.4, 0.5) is 5.69 Å². The van der Waals surface area contributed by atoms with E-state index in [9.17, 15) is 9.59 Å². The van der Waals surface area contributed by atoms with E-state index < -0.39 is 0 Å². The van der Waals surface area contributed by atoms with Gasteiger partial charge in [-0.25, -0.2) is 0 Å². The summed E-state index contributed by atoms with van der Waals surface area (Å²) in [4.78, 5) is 24.8. The predicted molar refractivity (Wildman–Crippen MR) is 81.3 cm³/mol. The van der Waals surface area contributed by atoms with Gasteiger partial charge in [-0.1, -0.05) is 39.5 Å². The molecular weight excluding hydrogens is 250 g/mol. The molecule has 3 heteroatoms. The summed E-state index contributed by atoms with van der Waals surface area (Å²) in [5.41, 5.74) is 2.83. The van der Waals surface area contributed by atoms with Crippen LogP contribution in [-0.4, -0.2) is 11.8 Å². The molecule has 0 spiro atoms. The monoisotopic (exact) mass is 271 g/mol. The average Bonchev–Trinajstić information content (AvgIpc) is 2.67. The topological polar surface area (TPSA) is 37.4 Å². The fourth-order valence-corrected chi connectivity index (χ4v) is 2.47. The SMILES string of the molecule is C=C(CC(C)(C)C)c1cccc(N2C(=O)CCC2=O)c1. The molecule has 1 aromatic carbocycles. The van der Waals surface area contributed by atoms with Crippen molar-refractivity contribution in [2.24, 2.45) is 5.41 Å². The molecule has 0 aromatic heterocycles. The smallest absolute Gasteiger partial charge is 0.234 e. The standard InChI is InChI=1S/C17H21NO2/c1-12(11-17(2,3)4)13-6-5-7-14(10-13)18-15(19)8-9-16(18)20/h5-7,10H,1,8-9,11H2,2-4H3. The maximum Gasteiger partial charge on any atom is 0.234 e. The first-order valence-electron chi connectivity index (χ1n) is 6.92. The molecule has 1 aliphatic rings. The second kappa shape index (κ2) is 5.23. The lowest BCUT2D eigenvalue weighted by Crippen LogP contribution is -2.28. The van der Waals surface area contributed by atoms with Gasteiger partial charge < -0.3 is 0 Å². The van der Waals surface area contributed by atoms with Crippen LogP contribution in [-0.2, 0) is 9.59 Å². The van der Waals surface area contributed by atoms with Gasteiger partial charge in [-0.2, -0.15) is 0 Å². The molecule has 2 amide bonds. The van der Waals surface area contributed by atoms with E-state index in [1.807, 2.05) is 18.2 Å². The van der Waals surface area contributed by atoms with Gasteiger partial charge in [0.15, 0.2) is 0 Å². The number of imide groups is 1. The Balaban J connectivity index is 2.26. The van der Waals surface area contributed by atoms with Crippen molar-refractivity contribution in [3.05, 3.63) is 36.4 Å². The van der Waals surface area contributed by atoms with Gasteiger partial charge >= 0.3 is 0 Å². The second-order valence-corrected chi connectivity index (χ2v) is 6.51. The molecule has 0 saturated carbocycles. The molecule has 106 valence electrons. The van der Waals surface area contributed by atoms with Gasteiger partial charge in [-0.05, 0) is 35.1 Å². The third-order valence-electron chi connectivity index (χ3n) is 3.31. The lowest BCUT2D eigenvalue weighted by Gasteiger charge is -2.21. The van der Waals surface area contributed by atoms with Crippen LogP contribution in [0.25, 0.3) is 5.57 Å². The first-order valence-corrected chi connectivity index (χ1v) is 6.92. The summed E-state index contributed by atoms with van der Waals surface area (Å²) in [5, 5.41) is 0. The normalized spacial score (nSPS) is 15.8. The Morgan fingerprint density at radius 3 is 2.35 bits per heavy atom. The average molecular weight is 271 g/mol. The van der Waals surface area contributed by atoms with Gasteiger partial charge in [0.1, 0.15) is 0 Å². The van der Waals surface area contributed by atoms with Crippen LogP contribution < -0.4 is 4.90 Å². The molecule has 0 N–H and O–H groups in total. The minimum Gasteiger partial charge on any atom is -0.274 e. The van der Waals surface area contributed by atoms with Crippen LogP contribution in [0.5, 0.6) is 0 Å². The zero-order chi connectivity index (χ0) is 14.9. The number of hydrogen-bond acceptors (Lipinski definition) is 2. The van der Waals surface area contributed by atoms with Gasteiger partial charge in [0, 0.05) is 12.8 Å². The van der Waals surface area contributed by atoms with Crippen molar-refractivity contribution in [1.29, 1.82) is 0 Å². The molecule has 1 fully saturated rings. The molecule has 0 radical (unpaired) electrons. The van der Waals surface area contributed by atoms with Crippen molar-refractivity contribution >= 4 is 23.1 Å². The molecule has 0 aliphatic carbocycles. The maximum atomic E-state index is 11.8. The van der Waals surface area contributed by atoms with Crippen LogP contribution in [0.1, 0.15) is 45.6 Å². The molecular formula is C17H21NO2. The molecule has 0 atom stereocenters. The molecule has 1 saturated heterocycles. The molecule has 3 nitrogen and oxygen atoms in total. The van der Waals surface area contributed by atoms with Crippen molar-refractivity contribution in [2.45, 2.75) is 40.0 Å². The van der Waals surface area contributed by atoms with Crippen molar-refractivity contribution in [1.82, 2.24) is 0 Å². The van der Waals surface area contributed by atoms with E-state index >= 15 is 0 Å². The quantitative estimate of drug-likeness (QED) is 0.784. The summed E-state index contributed by atoms with van der Waals surface area (Å²) in [6.45, 7) is 10.6. The van der Waals surface area contributed by atoms with Crippen LogP contribution in [0.3, 0.4) is 0 Å². The number of carbonyl (C=O) groups excluding carboxylic acids is 2. The number of rotatable bonds is 3. The molecule has 1 aromatic rings. The lowest BCUT2D eigenvalue weighted by molar-refractivity contribution is -0.121. The van der Waals surface area contributed by atoms with E-state index in [1.54, 1.807) is 6.07 Å². The van der Waals surface area contributed by atoms with Crippen LogP contribution in [0.15, 0.2) is 30.8 Å². The van der Waals surface area contributed by atoms with E-state index in [0.717, 1.165) is 17.6 Å². The van der Waals surface area contributed by atoms with Gasteiger partial charge in [0.2, 0.25) is 11.8 Å². The Morgan fingerprint density at radius 1 is 1.20 bits per heavy atom. The van der Waals surface area contributed by atoms with Gasteiger partial charge in [0.05, 0.1) is 5.69 Å². The maximum absolute atomic E-state index is 11.8. The first kappa shape index (κ1) is 14.5. The van der Waals surface area contributed by atoms with Crippen LogP contribution >= 0.6 is 0 Å². The summed E-state index contributed by atoms with van der Waals surface area (Å²) in [6.07, 6.45) is 1.50. The number of anilines is 1. The van der Waals surface area contributed by atoms with E-state index in [1.165, 1.54) is 4.90 Å². The van der Waals surface area contributed by atoms with Crippen molar-refractivity contribution < 1.29 is 9.59 Å². The lowest BCUT2D eigenvalue weighted by atomic mass is 9.86. The van der Waals surface area contributed by atoms with E-state index in [0.29, 0.717) is 18.5 Å². The minimum absolute atomic E-state index is 0.117. The van der Waals surface area contributed by atoms with Gasteiger partial charge in [0.25, 0.3) is 0 Å². The Morgan fingerprint density at radius 2 is 1.80 bits per heavy atom. The highest BCUT2D eigenvalue weighted by Crippen LogP contribution is 2.31. The highest BCUT2D eigenvalue weighted by atomic mass is 16.2. The number of allylic oxidation sites excluding steroid dienone is 1. The molecule has 1 aliphatic heterocycles. The fourth-order valence-electron chi connectivity index (χ4n) is 2.47. The van der Waals surface area contributed by atoms with Crippen LogP contribution in [0.2, 0.25) is 0 Å². The number of amides is 2. The van der Waals surface area contributed by atoms with Gasteiger partial charge in [-0.3, -0.25) is 14.5 Å². The van der Waals surface area contributed by atoms with E-state index in [2.05, 4.69) is 27.4 Å². The Bertz CT molecular complexity index is 551. The highest BCUT2D eigenvalue weighted by Gasteiger charge is 2.30. The van der Waals surface area contributed by atoms with Crippen LogP contribution in [0, 0.1) is 5.41 Å². The third kappa shape index (κ3) is 3.16. The number of hydrogen-bond donors (Lipinski definition) is 0. The zero-order valence-electron chi connectivity index (χ0n) is 12.4. The molecule has 20 heavy (non-hydrogen) atoms. The Labute approximate surface area is 120 Å². The van der Waals surface area contributed by atoms with Crippen molar-refractivity contribution in [2.75, 3.05) is 4.90 Å². The zero-order valence-corrected chi connectivity index (χ0v) is 12.4. The van der Waals surface area contributed by atoms with E-state index in [-0.39, 0.29) is 17.2 Å². The summed E-state index contributed by atoms with van der Waals surface area (Å²) in [6, 6.07) is 7.53. The Hall–Kier alpha value is -1.90. The first-order chi connectivity index (χ1) is 9.28. The summed E-state index contributed by atoms with van der Waals surface area (Å²) >= 11 is 0. The highest BCUT2D eigenvalue weighted by molar-refractivity contribution is 6.19. The predicted octanol–water partition coefficient (Wildman–Crippen LogP) is 3.79. The number of carbonyl (C=O) groups is 2. The van der Waals surface area contributed by atoms with Crippen molar-refractivity contribution in [3.8, 4) is 0 Å². The summed E-state index contributed by atoms with van der Waals surface area (Å²) in [5.74, 6) is -0.234. The summed E-state index contributed by atoms with van der Waals surface area (Å²) < 4.78 is 0. The molecule has 1 heterocycles. The second-order valence-electron chi connectivity index (χ2n) is 6.51. The number of benzene rings is 1. The van der Waals surface area contributed by atoms with Gasteiger partial charge in [-0.15, -0.1) is 0 Å². The minimum atomic E-state index is -0.117. The fraction of sp³-hybridized carbons (Fsp3) is 0.412. The van der Waals surface area contributed by atoms with Crippen molar-refractivity contribution in [3.63, 3.8) is 0 Å². The molecule has 0 unspecified atom stereocenters. The molecule has 0 bridgehead atoms. The molecule has 2 rings (SSSR count). The largest absolute Gasteiger partial charge is 0.274 e. The number of nitrogens with zero attached hydrogens (tertiary/aromatic N) is 1. The summed E-state index contributed by atoms with van der Waals surface area (Å²) in [7, 11) is 0. The van der Waals surface area contributed by atoms with E-state index in [4.69, 9.17) is 0 Å².